The van der Waals surface area contributed by atoms with Gasteiger partial charge in [0.25, 0.3) is 10.0 Å². The van der Waals surface area contributed by atoms with Crippen molar-refractivity contribution in [2.75, 3.05) is 6.61 Å². The van der Waals surface area contributed by atoms with Crippen molar-refractivity contribution in [3.63, 3.8) is 0 Å². The van der Waals surface area contributed by atoms with E-state index in [2.05, 4.69) is 14.9 Å². The largest absolute Gasteiger partial charge is 0.411 e. The maximum atomic E-state index is 12.1. The van der Waals surface area contributed by atoms with Crippen molar-refractivity contribution >= 4 is 10.0 Å². The minimum Gasteiger partial charge on any atom is -0.369 e. The number of halogens is 3. The van der Waals surface area contributed by atoms with Gasteiger partial charge in [-0.3, -0.25) is 5.10 Å². The Morgan fingerprint density at radius 1 is 1.43 bits per heavy atom. The average molecular weight is 327 g/mol. The molecule has 2 N–H and O–H groups in total. The summed E-state index contributed by atoms with van der Waals surface area (Å²) in [6, 6.07) is 0.869. The summed E-state index contributed by atoms with van der Waals surface area (Å²) in [5.41, 5.74) is 0. The van der Waals surface area contributed by atoms with Gasteiger partial charge in [0.15, 0.2) is 5.03 Å². The molecule has 120 valence electrons. The van der Waals surface area contributed by atoms with Gasteiger partial charge in [-0.25, -0.2) is 13.1 Å². The molecule has 2 unspecified atom stereocenters. The van der Waals surface area contributed by atoms with Gasteiger partial charge in [0.2, 0.25) is 0 Å². The van der Waals surface area contributed by atoms with Crippen LogP contribution in [0.4, 0.5) is 13.2 Å². The topological polar surface area (TPSA) is 84.1 Å². The number of nitrogens with one attached hydrogen (secondary N) is 2. The van der Waals surface area contributed by atoms with Gasteiger partial charge < -0.3 is 4.74 Å². The van der Waals surface area contributed by atoms with E-state index in [9.17, 15) is 21.6 Å². The normalized spacial score (nSPS) is 24.1. The number of nitrogens with zero attached hydrogens (tertiary/aromatic N) is 1. The van der Waals surface area contributed by atoms with Crippen LogP contribution < -0.4 is 4.72 Å². The number of hydrogen-bond donors (Lipinski definition) is 2. The third-order valence-corrected chi connectivity index (χ3v) is 4.65. The molecule has 0 aromatic carbocycles. The Bertz CT molecular complexity index is 545. The highest BCUT2D eigenvalue weighted by Crippen LogP contribution is 2.25. The zero-order valence-electron chi connectivity index (χ0n) is 11.1. The predicted octanol–water partition coefficient (Wildman–Crippen LogP) is 1.58. The van der Waals surface area contributed by atoms with E-state index in [0.29, 0.717) is 19.3 Å². The van der Waals surface area contributed by atoms with Crippen LogP contribution in [0.3, 0.4) is 0 Å². The van der Waals surface area contributed by atoms with E-state index in [1.807, 2.05) is 0 Å². The molecular formula is C11H16F3N3O3S. The highest BCUT2D eigenvalue weighted by atomic mass is 32.2. The van der Waals surface area contributed by atoms with Gasteiger partial charge in [0.05, 0.1) is 12.3 Å². The van der Waals surface area contributed by atoms with Crippen molar-refractivity contribution in [1.29, 1.82) is 0 Å². The fraction of sp³-hybridized carbons (Fsp3) is 0.727. The lowest BCUT2D eigenvalue weighted by Crippen LogP contribution is -2.41. The minimum absolute atomic E-state index is 0.0687. The highest BCUT2D eigenvalue weighted by Gasteiger charge is 2.32. The second kappa shape index (κ2) is 6.32. The van der Waals surface area contributed by atoms with Gasteiger partial charge in [0, 0.05) is 6.04 Å². The van der Waals surface area contributed by atoms with E-state index in [4.69, 9.17) is 4.74 Å². The fourth-order valence-electron chi connectivity index (χ4n) is 2.29. The van der Waals surface area contributed by atoms with E-state index in [-0.39, 0.29) is 11.4 Å². The fourth-order valence-corrected chi connectivity index (χ4v) is 3.48. The molecule has 1 saturated carbocycles. The summed E-state index contributed by atoms with van der Waals surface area (Å²) in [5, 5.41) is 5.83. The van der Waals surface area contributed by atoms with Crippen LogP contribution in [0, 0.1) is 0 Å². The third kappa shape index (κ3) is 4.97. The lowest BCUT2D eigenvalue weighted by molar-refractivity contribution is -0.188. The number of rotatable bonds is 5. The average Bonchev–Trinajstić information content (AvgIpc) is 2.90. The standard InChI is InChI=1S/C11H16F3N3O3S/c12-11(13,14)7-20-9-3-1-2-8(6-9)17-21(18,19)10-4-5-15-16-10/h4-5,8-9,17H,1-3,6-7H2,(H,15,16). The molecule has 1 aliphatic rings. The first-order chi connectivity index (χ1) is 9.76. The Hall–Kier alpha value is -1.13. The lowest BCUT2D eigenvalue weighted by atomic mass is 9.93. The lowest BCUT2D eigenvalue weighted by Gasteiger charge is -2.29. The monoisotopic (exact) mass is 327 g/mol. The number of sulfonamides is 1. The van der Waals surface area contributed by atoms with Crippen LogP contribution in [0.2, 0.25) is 0 Å². The Morgan fingerprint density at radius 2 is 2.19 bits per heavy atom. The second-order valence-corrected chi connectivity index (χ2v) is 6.64. The maximum Gasteiger partial charge on any atom is 0.411 e. The van der Waals surface area contributed by atoms with E-state index in [1.165, 1.54) is 12.3 Å². The van der Waals surface area contributed by atoms with Crippen LogP contribution in [0.25, 0.3) is 0 Å². The predicted molar refractivity (Wildman–Crippen MR) is 67.0 cm³/mol. The maximum absolute atomic E-state index is 12.1. The molecule has 2 rings (SSSR count). The SMILES string of the molecule is O=S(=O)(NC1CCCC(OCC(F)(F)F)C1)c1ccn[nH]1. The summed E-state index contributed by atoms with van der Waals surface area (Å²) in [6.07, 6.45) is -1.75. The molecule has 21 heavy (non-hydrogen) atoms. The number of alkyl halides is 3. The Kier molecular flexibility index (Phi) is 4.89. The smallest absolute Gasteiger partial charge is 0.369 e. The van der Waals surface area contributed by atoms with Crippen molar-refractivity contribution in [2.45, 2.75) is 49.0 Å². The molecular weight excluding hydrogens is 311 g/mol. The Labute approximate surface area is 120 Å². The Morgan fingerprint density at radius 3 is 2.81 bits per heavy atom. The van der Waals surface area contributed by atoms with Crippen LogP contribution in [0.5, 0.6) is 0 Å². The van der Waals surface area contributed by atoms with Crippen molar-refractivity contribution in [3.05, 3.63) is 12.3 Å². The molecule has 1 heterocycles. The zero-order chi connectivity index (χ0) is 15.5. The number of aromatic nitrogens is 2. The molecule has 1 aromatic heterocycles. The van der Waals surface area contributed by atoms with Crippen LogP contribution in [0.15, 0.2) is 17.3 Å². The first-order valence-corrected chi connectivity index (χ1v) is 7.95. The molecule has 1 fully saturated rings. The first kappa shape index (κ1) is 16.2. The molecule has 0 amide bonds. The molecule has 0 aliphatic heterocycles. The van der Waals surface area contributed by atoms with Crippen molar-refractivity contribution < 1.29 is 26.3 Å². The minimum atomic E-state index is -4.37. The van der Waals surface area contributed by atoms with Crippen molar-refractivity contribution in [1.82, 2.24) is 14.9 Å². The molecule has 0 saturated heterocycles. The molecule has 2 atom stereocenters. The van der Waals surface area contributed by atoms with E-state index in [1.54, 1.807) is 0 Å². The van der Waals surface area contributed by atoms with E-state index in [0.717, 1.165) is 0 Å². The first-order valence-electron chi connectivity index (χ1n) is 6.46. The van der Waals surface area contributed by atoms with Gasteiger partial charge >= 0.3 is 6.18 Å². The van der Waals surface area contributed by atoms with E-state index < -0.39 is 35.0 Å². The zero-order valence-corrected chi connectivity index (χ0v) is 11.9. The van der Waals surface area contributed by atoms with Gasteiger partial charge in [-0.05, 0) is 31.7 Å². The van der Waals surface area contributed by atoms with Gasteiger partial charge in [-0.2, -0.15) is 18.3 Å². The van der Waals surface area contributed by atoms with Gasteiger partial charge in [0.1, 0.15) is 6.61 Å². The number of aromatic amines is 1. The summed E-state index contributed by atoms with van der Waals surface area (Å²) in [7, 11) is -3.73. The van der Waals surface area contributed by atoms with Crippen molar-refractivity contribution in [2.24, 2.45) is 0 Å². The number of H-pyrrole nitrogens is 1. The molecule has 6 nitrogen and oxygen atoms in total. The van der Waals surface area contributed by atoms with Crippen LogP contribution in [-0.4, -0.2) is 43.5 Å². The summed E-state index contributed by atoms with van der Waals surface area (Å²) >= 11 is 0. The second-order valence-electron chi connectivity index (χ2n) is 4.95. The summed E-state index contributed by atoms with van der Waals surface area (Å²) < 4.78 is 67.6. The summed E-state index contributed by atoms with van der Waals surface area (Å²) in [6.45, 7) is -1.31. The molecule has 0 spiro atoms. The number of ether oxygens (including phenoxy) is 1. The summed E-state index contributed by atoms with van der Waals surface area (Å²) in [5.74, 6) is 0. The van der Waals surface area contributed by atoms with Gasteiger partial charge in [-0.1, -0.05) is 0 Å². The van der Waals surface area contributed by atoms with Crippen LogP contribution >= 0.6 is 0 Å². The quantitative estimate of drug-likeness (QED) is 0.860. The Balaban J connectivity index is 1.90. The number of hydrogen-bond acceptors (Lipinski definition) is 4. The third-order valence-electron chi connectivity index (χ3n) is 3.20. The van der Waals surface area contributed by atoms with Gasteiger partial charge in [-0.15, -0.1) is 0 Å². The van der Waals surface area contributed by atoms with E-state index >= 15 is 0 Å². The van der Waals surface area contributed by atoms with Crippen LogP contribution in [0.1, 0.15) is 25.7 Å². The molecule has 1 aromatic rings. The molecule has 10 heteroatoms. The van der Waals surface area contributed by atoms with Crippen LogP contribution in [-0.2, 0) is 14.8 Å². The highest BCUT2D eigenvalue weighted by molar-refractivity contribution is 7.89. The van der Waals surface area contributed by atoms with Crippen molar-refractivity contribution in [3.8, 4) is 0 Å². The molecule has 1 aliphatic carbocycles. The molecule has 0 bridgehead atoms. The molecule has 0 radical (unpaired) electrons. The summed E-state index contributed by atoms with van der Waals surface area (Å²) in [4.78, 5) is 0.